The molecular weight excluding hydrogens is 267 g/mol. The highest BCUT2D eigenvalue weighted by Gasteiger charge is 2.24. The molecule has 3 rings (SSSR count). The number of benzene rings is 1. The molecule has 1 unspecified atom stereocenters. The first kappa shape index (κ1) is 14.3. The zero-order valence-corrected chi connectivity index (χ0v) is 12.5. The summed E-state index contributed by atoms with van der Waals surface area (Å²) in [5.74, 6) is 0.100. The van der Waals surface area contributed by atoms with Crippen LogP contribution in [0.25, 0.3) is 10.9 Å². The second kappa shape index (κ2) is 5.60. The Morgan fingerprint density at radius 1 is 1.33 bits per heavy atom. The molecule has 1 fully saturated rings. The summed E-state index contributed by atoms with van der Waals surface area (Å²) in [4.78, 5) is 6.62. The molecule has 4 heteroatoms. The molecule has 1 aromatic heterocycles. The molecule has 2 aromatic rings. The predicted octanol–water partition coefficient (Wildman–Crippen LogP) is 3.28. The maximum Gasteiger partial charge on any atom is 0.149 e. The molecule has 0 aliphatic carbocycles. The summed E-state index contributed by atoms with van der Waals surface area (Å²) < 4.78 is 14.0. The van der Waals surface area contributed by atoms with Gasteiger partial charge in [0.25, 0.3) is 0 Å². The summed E-state index contributed by atoms with van der Waals surface area (Å²) in [6.07, 6.45) is 1.69. The van der Waals surface area contributed by atoms with Crippen molar-refractivity contribution < 1.29 is 9.50 Å². The molecule has 1 aliphatic rings. The standard InChI is InChI=1S/C17H21FN2O/c1-11-10-16(14-4-3-5-15(18)17(14)19-11)20-8-6-13(7-9-20)12(2)21/h3-5,10,12-13,21H,6-9H2,1-2H3. The van der Waals surface area contributed by atoms with Crippen molar-refractivity contribution in [2.75, 3.05) is 18.0 Å². The summed E-state index contributed by atoms with van der Waals surface area (Å²) >= 11 is 0. The van der Waals surface area contributed by atoms with Gasteiger partial charge in [0.1, 0.15) is 11.3 Å². The fourth-order valence-electron chi connectivity index (χ4n) is 3.20. The van der Waals surface area contributed by atoms with E-state index in [1.165, 1.54) is 6.07 Å². The number of piperidine rings is 1. The van der Waals surface area contributed by atoms with Gasteiger partial charge in [-0.15, -0.1) is 0 Å². The minimum absolute atomic E-state index is 0.250. The first-order valence-electron chi connectivity index (χ1n) is 7.55. The molecule has 1 saturated heterocycles. The van der Waals surface area contributed by atoms with E-state index in [1.54, 1.807) is 6.07 Å². The van der Waals surface area contributed by atoms with E-state index in [-0.39, 0.29) is 11.9 Å². The number of aliphatic hydroxyl groups is 1. The molecule has 1 N–H and O–H groups in total. The van der Waals surface area contributed by atoms with Gasteiger partial charge in [0, 0.05) is 29.9 Å². The van der Waals surface area contributed by atoms with Crippen molar-refractivity contribution in [3.05, 3.63) is 35.8 Å². The lowest BCUT2D eigenvalue weighted by Crippen LogP contribution is -2.37. The van der Waals surface area contributed by atoms with Crippen LogP contribution in [0.3, 0.4) is 0 Å². The van der Waals surface area contributed by atoms with Gasteiger partial charge in [0.15, 0.2) is 0 Å². The summed E-state index contributed by atoms with van der Waals surface area (Å²) in [7, 11) is 0. The van der Waals surface area contributed by atoms with Crippen LogP contribution in [-0.2, 0) is 0 Å². The molecule has 1 aromatic carbocycles. The van der Waals surface area contributed by atoms with Crippen molar-refractivity contribution in [2.45, 2.75) is 32.8 Å². The minimum Gasteiger partial charge on any atom is -0.393 e. The van der Waals surface area contributed by atoms with E-state index in [4.69, 9.17) is 0 Å². The number of nitrogens with zero attached hydrogens (tertiary/aromatic N) is 2. The van der Waals surface area contributed by atoms with E-state index in [0.29, 0.717) is 11.4 Å². The number of aliphatic hydroxyl groups excluding tert-OH is 1. The number of halogens is 1. The predicted molar refractivity (Wildman–Crippen MR) is 83.1 cm³/mol. The molecule has 3 nitrogen and oxygen atoms in total. The van der Waals surface area contributed by atoms with Crippen LogP contribution in [0.5, 0.6) is 0 Å². The van der Waals surface area contributed by atoms with E-state index in [0.717, 1.165) is 42.7 Å². The molecule has 0 bridgehead atoms. The summed E-state index contributed by atoms with van der Waals surface area (Å²) in [5.41, 5.74) is 2.34. The number of para-hydroxylation sites is 1. The topological polar surface area (TPSA) is 36.4 Å². The van der Waals surface area contributed by atoms with E-state index in [1.807, 2.05) is 26.0 Å². The molecule has 0 spiro atoms. The van der Waals surface area contributed by atoms with Crippen molar-refractivity contribution in [3.8, 4) is 0 Å². The Kier molecular flexibility index (Phi) is 3.81. The normalized spacial score (nSPS) is 18.2. The Morgan fingerprint density at radius 2 is 2.05 bits per heavy atom. The maximum absolute atomic E-state index is 14.0. The van der Waals surface area contributed by atoms with Crippen LogP contribution >= 0.6 is 0 Å². The van der Waals surface area contributed by atoms with Crippen LogP contribution in [0.2, 0.25) is 0 Å². The van der Waals surface area contributed by atoms with Crippen LogP contribution in [0.4, 0.5) is 10.1 Å². The highest BCUT2D eigenvalue weighted by molar-refractivity contribution is 5.92. The number of hydrogen-bond acceptors (Lipinski definition) is 3. The van der Waals surface area contributed by atoms with Crippen LogP contribution in [0.1, 0.15) is 25.5 Å². The fourth-order valence-corrected chi connectivity index (χ4v) is 3.20. The number of fused-ring (bicyclic) bond motifs is 1. The molecule has 0 radical (unpaired) electrons. The molecular formula is C17H21FN2O. The summed E-state index contributed by atoms with van der Waals surface area (Å²) in [5, 5.41) is 10.6. The Balaban J connectivity index is 1.96. The molecule has 1 atom stereocenters. The number of pyridine rings is 1. The van der Waals surface area contributed by atoms with Gasteiger partial charge in [0.05, 0.1) is 6.10 Å². The second-order valence-electron chi connectivity index (χ2n) is 5.98. The van der Waals surface area contributed by atoms with E-state index in [2.05, 4.69) is 9.88 Å². The van der Waals surface area contributed by atoms with Gasteiger partial charge in [-0.05, 0) is 44.7 Å². The third kappa shape index (κ3) is 2.72. The third-order valence-corrected chi connectivity index (χ3v) is 4.46. The SMILES string of the molecule is Cc1cc(N2CCC(C(C)O)CC2)c2cccc(F)c2n1. The van der Waals surface area contributed by atoms with E-state index < -0.39 is 0 Å². The Bertz CT molecular complexity index is 649. The second-order valence-corrected chi connectivity index (χ2v) is 5.98. The Labute approximate surface area is 124 Å². The molecule has 0 amide bonds. The number of hydrogen-bond donors (Lipinski definition) is 1. The van der Waals surface area contributed by atoms with Crippen LogP contribution in [0, 0.1) is 18.7 Å². The number of aromatic nitrogens is 1. The largest absolute Gasteiger partial charge is 0.393 e. The van der Waals surface area contributed by atoms with E-state index >= 15 is 0 Å². The Hall–Kier alpha value is -1.68. The van der Waals surface area contributed by atoms with Crippen molar-refractivity contribution in [3.63, 3.8) is 0 Å². The number of aryl methyl sites for hydroxylation is 1. The van der Waals surface area contributed by atoms with Gasteiger partial charge >= 0.3 is 0 Å². The van der Waals surface area contributed by atoms with Gasteiger partial charge < -0.3 is 10.0 Å². The summed E-state index contributed by atoms with van der Waals surface area (Å²) in [6, 6.07) is 7.16. The minimum atomic E-state index is -0.267. The van der Waals surface area contributed by atoms with Crippen LogP contribution in [0.15, 0.2) is 24.3 Å². The van der Waals surface area contributed by atoms with Gasteiger partial charge in [-0.25, -0.2) is 9.37 Å². The molecule has 2 heterocycles. The molecule has 0 saturated carbocycles. The highest BCUT2D eigenvalue weighted by Crippen LogP contribution is 2.32. The first-order valence-corrected chi connectivity index (χ1v) is 7.55. The highest BCUT2D eigenvalue weighted by atomic mass is 19.1. The van der Waals surface area contributed by atoms with Crippen molar-refractivity contribution >= 4 is 16.6 Å². The fraction of sp³-hybridized carbons (Fsp3) is 0.471. The van der Waals surface area contributed by atoms with Crippen LogP contribution < -0.4 is 4.90 Å². The maximum atomic E-state index is 14.0. The zero-order chi connectivity index (χ0) is 15.0. The van der Waals surface area contributed by atoms with Gasteiger partial charge in [-0.1, -0.05) is 12.1 Å². The molecule has 1 aliphatic heterocycles. The quantitative estimate of drug-likeness (QED) is 0.921. The molecule has 21 heavy (non-hydrogen) atoms. The summed E-state index contributed by atoms with van der Waals surface area (Å²) in [6.45, 7) is 5.55. The zero-order valence-electron chi connectivity index (χ0n) is 12.5. The lowest BCUT2D eigenvalue weighted by atomic mass is 9.91. The third-order valence-electron chi connectivity index (χ3n) is 4.46. The van der Waals surface area contributed by atoms with Crippen molar-refractivity contribution in [1.82, 2.24) is 4.98 Å². The first-order chi connectivity index (χ1) is 10.1. The monoisotopic (exact) mass is 288 g/mol. The lowest BCUT2D eigenvalue weighted by molar-refractivity contribution is 0.110. The molecule has 112 valence electrons. The average Bonchev–Trinajstić information content (AvgIpc) is 2.47. The van der Waals surface area contributed by atoms with Gasteiger partial charge in [-0.2, -0.15) is 0 Å². The average molecular weight is 288 g/mol. The lowest BCUT2D eigenvalue weighted by Gasteiger charge is -2.35. The van der Waals surface area contributed by atoms with Crippen molar-refractivity contribution in [1.29, 1.82) is 0 Å². The van der Waals surface area contributed by atoms with Crippen molar-refractivity contribution in [2.24, 2.45) is 5.92 Å². The van der Waals surface area contributed by atoms with Gasteiger partial charge in [-0.3, -0.25) is 0 Å². The number of rotatable bonds is 2. The van der Waals surface area contributed by atoms with Gasteiger partial charge in [0.2, 0.25) is 0 Å². The van der Waals surface area contributed by atoms with Crippen LogP contribution in [-0.4, -0.2) is 29.3 Å². The Morgan fingerprint density at radius 3 is 2.71 bits per heavy atom. The smallest absolute Gasteiger partial charge is 0.149 e. The van der Waals surface area contributed by atoms with E-state index in [9.17, 15) is 9.50 Å². The number of anilines is 1.